The largest absolute Gasteiger partial charge is 0.394 e. The lowest BCUT2D eigenvalue weighted by molar-refractivity contribution is 0.166. The van der Waals surface area contributed by atoms with Crippen LogP contribution in [-0.4, -0.2) is 45.5 Å². The zero-order valence-electron chi connectivity index (χ0n) is 12.4. The Morgan fingerprint density at radius 1 is 1.43 bits per heavy atom. The van der Waals surface area contributed by atoms with Crippen LogP contribution in [0.5, 0.6) is 0 Å². The number of urea groups is 1. The van der Waals surface area contributed by atoms with E-state index in [4.69, 9.17) is 5.11 Å². The number of amides is 2. The highest BCUT2D eigenvalue weighted by Crippen LogP contribution is 2.18. The van der Waals surface area contributed by atoms with E-state index in [9.17, 15) is 4.79 Å². The third kappa shape index (κ3) is 3.22. The number of carbonyl (C=O) groups is 1. The van der Waals surface area contributed by atoms with Crippen molar-refractivity contribution in [2.45, 2.75) is 19.9 Å². The Labute approximate surface area is 124 Å². The fraction of sp³-hybridized carbons (Fsp3) is 0.333. The summed E-state index contributed by atoms with van der Waals surface area (Å²) in [6.45, 7) is 3.68. The van der Waals surface area contributed by atoms with E-state index in [2.05, 4.69) is 10.4 Å². The number of nitrogens with zero attached hydrogens (tertiary/aromatic N) is 3. The average molecular weight is 288 g/mol. The topological polar surface area (TPSA) is 70.4 Å². The van der Waals surface area contributed by atoms with Crippen molar-refractivity contribution in [2.75, 3.05) is 19.0 Å². The molecule has 0 saturated heterocycles. The van der Waals surface area contributed by atoms with E-state index in [1.54, 1.807) is 30.9 Å². The summed E-state index contributed by atoms with van der Waals surface area (Å²) >= 11 is 0. The molecule has 6 heteroatoms. The minimum atomic E-state index is -0.285. The molecule has 0 aliphatic heterocycles. The van der Waals surface area contributed by atoms with Crippen LogP contribution in [0.3, 0.4) is 0 Å². The second-order valence-corrected chi connectivity index (χ2v) is 4.99. The maximum atomic E-state index is 12.1. The number of hydrogen-bond donors (Lipinski definition) is 2. The smallest absolute Gasteiger partial charge is 0.323 e. The standard InChI is InChI=1S/C15H20N4O2/c1-11-6-4-5-7-13(11)19-14(8-9-16-19)17-15(21)18(3)12(2)10-20/h4-9,12,20H,10H2,1-3H3,(H,17,21). The first-order valence-electron chi connectivity index (χ1n) is 6.79. The van der Waals surface area contributed by atoms with Crippen LogP contribution in [0.25, 0.3) is 5.69 Å². The van der Waals surface area contributed by atoms with Crippen LogP contribution in [0.4, 0.5) is 10.6 Å². The van der Waals surface area contributed by atoms with Crippen molar-refractivity contribution in [3.63, 3.8) is 0 Å². The van der Waals surface area contributed by atoms with Crippen molar-refractivity contribution in [1.82, 2.24) is 14.7 Å². The number of carbonyl (C=O) groups excluding carboxylic acids is 1. The van der Waals surface area contributed by atoms with Crippen molar-refractivity contribution < 1.29 is 9.90 Å². The van der Waals surface area contributed by atoms with Crippen molar-refractivity contribution in [3.05, 3.63) is 42.1 Å². The predicted molar refractivity (Wildman–Crippen MR) is 81.6 cm³/mol. The highest BCUT2D eigenvalue weighted by Gasteiger charge is 2.17. The van der Waals surface area contributed by atoms with Gasteiger partial charge in [-0.1, -0.05) is 18.2 Å². The van der Waals surface area contributed by atoms with Gasteiger partial charge in [-0.15, -0.1) is 0 Å². The van der Waals surface area contributed by atoms with Crippen LogP contribution in [-0.2, 0) is 0 Å². The first-order valence-corrected chi connectivity index (χ1v) is 6.79. The van der Waals surface area contributed by atoms with Crippen LogP contribution in [0.2, 0.25) is 0 Å². The number of aliphatic hydroxyl groups excluding tert-OH is 1. The molecule has 1 aromatic heterocycles. The zero-order chi connectivity index (χ0) is 15.4. The third-order valence-corrected chi connectivity index (χ3v) is 3.47. The Morgan fingerprint density at radius 3 is 2.81 bits per heavy atom. The Hall–Kier alpha value is -2.34. The van der Waals surface area contributed by atoms with E-state index >= 15 is 0 Å². The zero-order valence-corrected chi connectivity index (χ0v) is 12.4. The molecule has 0 radical (unpaired) electrons. The second-order valence-electron chi connectivity index (χ2n) is 4.99. The van der Waals surface area contributed by atoms with Crippen molar-refractivity contribution in [3.8, 4) is 5.69 Å². The van der Waals surface area contributed by atoms with Gasteiger partial charge in [0, 0.05) is 13.1 Å². The Balaban J connectivity index is 2.22. The monoisotopic (exact) mass is 288 g/mol. The summed E-state index contributed by atoms with van der Waals surface area (Å²) in [5, 5.41) is 16.2. The third-order valence-electron chi connectivity index (χ3n) is 3.47. The molecule has 0 aliphatic rings. The normalized spacial score (nSPS) is 12.0. The van der Waals surface area contributed by atoms with Gasteiger partial charge in [0.25, 0.3) is 0 Å². The van der Waals surface area contributed by atoms with Gasteiger partial charge in [0.1, 0.15) is 5.82 Å². The summed E-state index contributed by atoms with van der Waals surface area (Å²) in [6, 6.07) is 9.02. The minimum Gasteiger partial charge on any atom is -0.394 e. The number of aliphatic hydroxyl groups is 1. The summed E-state index contributed by atoms with van der Waals surface area (Å²) in [6.07, 6.45) is 1.64. The number of likely N-dealkylation sites (N-methyl/N-ethyl adjacent to an activating group) is 1. The molecule has 112 valence electrons. The molecule has 2 rings (SSSR count). The number of para-hydroxylation sites is 1. The molecule has 21 heavy (non-hydrogen) atoms. The van der Waals surface area contributed by atoms with Gasteiger partial charge < -0.3 is 10.0 Å². The SMILES string of the molecule is Cc1ccccc1-n1nccc1NC(=O)N(C)C(C)CO. The van der Waals surface area contributed by atoms with E-state index in [1.165, 1.54) is 4.90 Å². The van der Waals surface area contributed by atoms with Gasteiger partial charge in [-0.25, -0.2) is 9.48 Å². The maximum Gasteiger partial charge on any atom is 0.323 e. The lowest BCUT2D eigenvalue weighted by atomic mass is 10.2. The molecule has 6 nitrogen and oxygen atoms in total. The van der Waals surface area contributed by atoms with E-state index in [0.29, 0.717) is 5.82 Å². The molecule has 2 N–H and O–H groups in total. The summed E-state index contributed by atoms with van der Waals surface area (Å²) < 4.78 is 1.69. The molecule has 0 fully saturated rings. The van der Waals surface area contributed by atoms with E-state index in [0.717, 1.165) is 11.3 Å². The molecule has 1 aromatic carbocycles. The number of anilines is 1. The van der Waals surface area contributed by atoms with E-state index in [1.807, 2.05) is 31.2 Å². The molecule has 0 bridgehead atoms. The van der Waals surface area contributed by atoms with E-state index in [-0.39, 0.29) is 18.7 Å². The molecule has 1 unspecified atom stereocenters. The Bertz CT molecular complexity index is 624. The molecular formula is C15H20N4O2. The molecule has 0 saturated carbocycles. The van der Waals surface area contributed by atoms with Gasteiger partial charge in [0.15, 0.2) is 0 Å². The average Bonchev–Trinajstić information content (AvgIpc) is 2.94. The van der Waals surface area contributed by atoms with Crippen LogP contribution in [0.15, 0.2) is 36.5 Å². The second kappa shape index (κ2) is 6.41. The molecular weight excluding hydrogens is 268 g/mol. The maximum absolute atomic E-state index is 12.1. The molecule has 0 spiro atoms. The molecule has 1 heterocycles. The quantitative estimate of drug-likeness (QED) is 0.904. The van der Waals surface area contributed by atoms with Gasteiger partial charge in [-0.3, -0.25) is 5.32 Å². The van der Waals surface area contributed by atoms with Gasteiger partial charge in [0.2, 0.25) is 0 Å². The first-order chi connectivity index (χ1) is 10.0. The highest BCUT2D eigenvalue weighted by molar-refractivity contribution is 5.88. The van der Waals surface area contributed by atoms with Gasteiger partial charge in [-0.2, -0.15) is 5.10 Å². The molecule has 0 aliphatic carbocycles. The van der Waals surface area contributed by atoms with E-state index < -0.39 is 0 Å². The number of benzene rings is 1. The Morgan fingerprint density at radius 2 is 2.14 bits per heavy atom. The summed E-state index contributed by atoms with van der Waals surface area (Å²) in [7, 11) is 1.64. The number of aryl methyl sites for hydroxylation is 1. The molecule has 1 atom stereocenters. The lowest BCUT2D eigenvalue weighted by Crippen LogP contribution is -2.40. The van der Waals surface area contributed by atoms with Crippen molar-refractivity contribution in [1.29, 1.82) is 0 Å². The number of nitrogens with one attached hydrogen (secondary N) is 1. The van der Waals surface area contributed by atoms with Crippen molar-refractivity contribution >= 4 is 11.8 Å². The first kappa shape index (κ1) is 15.1. The minimum absolute atomic E-state index is 0.0824. The lowest BCUT2D eigenvalue weighted by Gasteiger charge is -2.23. The summed E-state index contributed by atoms with van der Waals surface area (Å²) in [4.78, 5) is 13.6. The fourth-order valence-corrected chi connectivity index (χ4v) is 1.91. The van der Waals surface area contributed by atoms with Crippen LogP contribution < -0.4 is 5.32 Å². The number of aromatic nitrogens is 2. The summed E-state index contributed by atoms with van der Waals surface area (Å²) in [5.74, 6) is 0.589. The predicted octanol–water partition coefficient (Wildman–Crippen LogP) is 2.03. The summed E-state index contributed by atoms with van der Waals surface area (Å²) in [5.41, 5.74) is 1.98. The van der Waals surface area contributed by atoms with Crippen LogP contribution in [0, 0.1) is 6.92 Å². The molecule has 2 aromatic rings. The Kier molecular flexibility index (Phi) is 4.59. The van der Waals surface area contributed by atoms with Crippen molar-refractivity contribution in [2.24, 2.45) is 0 Å². The fourth-order valence-electron chi connectivity index (χ4n) is 1.91. The number of hydrogen-bond acceptors (Lipinski definition) is 3. The van der Waals surface area contributed by atoms with Crippen LogP contribution in [0.1, 0.15) is 12.5 Å². The van der Waals surface area contributed by atoms with Gasteiger partial charge >= 0.3 is 6.03 Å². The van der Waals surface area contributed by atoms with Crippen LogP contribution >= 0.6 is 0 Å². The number of rotatable bonds is 4. The van der Waals surface area contributed by atoms with Gasteiger partial charge in [0.05, 0.1) is 24.5 Å². The highest BCUT2D eigenvalue weighted by atomic mass is 16.3. The molecule has 2 amide bonds. The van der Waals surface area contributed by atoms with Gasteiger partial charge in [-0.05, 0) is 25.5 Å².